The van der Waals surface area contributed by atoms with Crippen molar-refractivity contribution in [2.45, 2.75) is 46.1 Å². The van der Waals surface area contributed by atoms with E-state index < -0.39 is 0 Å². The summed E-state index contributed by atoms with van der Waals surface area (Å²) in [7, 11) is 1.96. The molecule has 0 fully saturated rings. The fourth-order valence-electron chi connectivity index (χ4n) is 2.29. The van der Waals surface area contributed by atoms with Crippen LogP contribution in [0.4, 0.5) is 0 Å². The summed E-state index contributed by atoms with van der Waals surface area (Å²) in [6.45, 7) is 6.20. The lowest BCUT2D eigenvalue weighted by Crippen LogP contribution is -2.27. The maximum atomic E-state index is 5.34. The monoisotopic (exact) mass is 274 g/mol. The molecule has 0 radical (unpaired) electrons. The highest BCUT2D eigenvalue weighted by molar-refractivity contribution is 5.53. The molecule has 108 valence electrons. The number of pyridine rings is 1. The second-order valence-electron chi connectivity index (χ2n) is 5.17. The minimum Gasteiger partial charge on any atom is -0.339 e. The van der Waals surface area contributed by atoms with E-state index in [2.05, 4.69) is 33.4 Å². The highest BCUT2D eigenvalue weighted by atomic mass is 16.5. The molecule has 2 aromatic rings. The Labute approximate surface area is 119 Å². The van der Waals surface area contributed by atoms with Gasteiger partial charge in [-0.1, -0.05) is 24.6 Å². The minimum absolute atomic E-state index is 0.375. The molecular formula is C15H22N4O. The summed E-state index contributed by atoms with van der Waals surface area (Å²) in [5.74, 6) is 1.23. The normalized spacial score (nSPS) is 12.6. The van der Waals surface area contributed by atoms with Crippen molar-refractivity contribution < 1.29 is 4.52 Å². The Balaban J connectivity index is 2.16. The van der Waals surface area contributed by atoms with Crippen molar-refractivity contribution in [3.63, 3.8) is 0 Å². The highest BCUT2D eigenvalue weighted by Crippen LogP contribution is 2.19. The summed E-state index contributed by atoms with van der Waals surface area (Å²) in [5, 5.41) is 7.32. The van der Waals surface area contributed by atoms with Crippen LogP contribution in [0.2, 0.25) is 0 Å². The zero-order valence-corrected chi connectivity index (χ0v) is 12.6. The van der Waals surface area contributed by atoms with Crippen molar-refractivity contribution >= 4 is 0 Å². The molecular weight excluding hydrogens is 252 g/mol. The molecule has 2 rings (SSSR count). The molecule has 0 aromatic carbocycles. The number of nitrogens with one attached hydrogen (secondary N) is 1. The molecule has 1 atom stereocenters. The Morgan fingerprint density at radius 1 is 1.35 bits per heavy atom. The third-order valence-electron chi connectivity index (χ3n) is 3.36. The van der Waals surface area contributed by atoms with Crippen molar-refractivity contribution in [1.82, 2.24) is 20.4 Å². The largest absolute Gasteiger partial charge is 0.339 e. The first-order valence-electron chi connectivity index (χ1n) is 7.07. The first kappa shape index (κ1) is 14.7. The lowest BCUT2D eigenvalue weighted by atomic mass is 10.1. The lowest BCUT2D eigenvalue weighted by molar-refractivity contribution is 0.356. The summed E-state index contributed by atoms with van der Waals surface area (Å²) in [6, 6.07) is 2.45. The molecule has 5 heteroatoms. The Bertz CT molecular complexity index is 565. The average Bonchev–Trinajstić information content (AvgIpc) is 2.86. The lowest BCUT2D eigenvalue weighted by Gasteiger charge is -2.11. The van der Waals surface area contributed by atoms with Gasteiger partial charge in [0, 0.05) is 18.7 Å². The van der Waals surface area contributed by atoms with Gasteiger partial charge in [-0.05, 0) is 38.4 Å². The molecule has 0 saturated heterocycles. The summed E-state index contributed by atoms with van der Waals surface area (Å²) < 4.78 is 5.34. The van der Waals surface area contributed by atoms with Crippen LogP contribution in [0.5, 0.6) is 0 Å². The SMILES string of the molecule is CCCC(Cc1nc(-c2ncc(C)cc2C)no1)NC. The second kappa shape index (κ2) is 6.61. The average molecular weight is 274 g/mol. The van der Waals surface area contributed by atoms with Crippen molar-refractivity contribution in [3.8, 4) is 11.5 Å². The molecule has 5 nitrogen and oxygen atoms in total. The van der Waals surface area contributed by atoms with Crippen LogP contribution < -0.4 is 5.32 Å². The van der Waals surface area contributed by atoms with E-state index in [9.17, 15) is 0 Å². The fourth-order valence-corrected chi connectivity index (χ4v) is 2.29. The molecule has 20 heavy (non-hydrogen) atoms. The first-order chi connectivity index (χ1) is 9.63. The number of aromatic nitrogens is 3. The van der Waals surface area contributed by atoms with Gasteiger partial charge in [0.2, 0.25) is 11.7 Å². The third kappa shape index (κ3) is 3.42. The smallest absolute Gasteiger partial charge is 0.228 e. The highest BCUT2D eigenvalue weighted by Gasteiger charge is 2.15. The van der Waals surface area contributed by atoms with Gasteiger partial charge in [0.1, 0.15) is 5.69 Å². The quantitative estimate of drug-likeness (QED) is 0.877. The van der Waals surface area contributed by atoms with Gasteiger partial charge in [0.15, 0.2) is 0 Å². The maximum Gasteiger partial charge on any atom is 0.228 e. The van der Waals surface area contributed by atoms with Gasteiger partial charge >= 0.3 is 0 Å². The van der Waals surface area contributed by atoms with Crippen LogP contribution in [-0.2, 0) is 6.42 Å². The Hall–Kier alpha value is -1.75. The summed E-state index contributed by atoms with van der Waals surface area (Å²) in [5.41, 5.74) is 2.99. The first-order valence-corrected chi connectivity index (χ1v) is 7.07. The number of aryl methyl sites for hydroxylation is 2. The van der Waals surface area contributed by atoms with Crippen molar-refractivity contribution in [3.05, 3.63) is 29.3 Å². The van der Waals surface area contributed by atoms with Gasteiger partial charge in [-0.2, -0.15) is 4.98 Å². The standard InChI is InChI=1S/C15H22N4O/c1-5-6-12(16-4)8-13-18-15(19-20-13)14-11(3)7-10(2)9-17-14/h7,9,12,16H,5-6,8H2,1-4H3. The molecule has 0 aliphatic carbocycles. The van der Waals surface area contributed by atoms with Crippen LogP contribution >= 0.6 is 0 Å². The van der Waals surface area contributed by atoms with E-state index in [-0.39, 0.29) is 0 Å². The van der Waals surface area contributed by atoms with Crippen LogP contribution in [0.1, 0.15) is 36.8 Å². The van der Waals surface area contributed by atoms with Crippen LogP contribution in [0.3, 0.4) is 0 Å². The summed E-state index contributed by atoms with van der Waals surface area (Å²) >= 11 is 0. The van der Waals surface area contributed by atoms with Crippen molar-refractivity contribution in [2.75, 3.05) is 7.05 Å². The third-order valence-corrected chi connectivity index (χ3v) is 3.36. The zero-order valence-electron chi connectivity index (χ0n) is 12.6. The van der Waals surface area contributed by atoms with Gasteiger partial charge in [-0.25, -0.2) is 0 Å². The number of nitrogens with zero attached hydrogens (tertiary/aromatic N) is 3. The van der Waals surface area contributed by atoms with Gasteiger partial charge in [-0.3, -0.25) is 4.98 Å². The van der Waals surface area contributed by atoms with Crippen LogP contribution in [0.25, 0.3) is 11.5 Å². The molecule has 1 unspecified atom stereocenters. The molecule has 0 spiro atoms. The molecule has 0 aliphatic rings. The van der Waals surface area contributed by atoms with Gasteiger partial charge in [0.25, 0.3) is 0 Å². The van der Waals surface area contributed by atoms with Crippen LogP contribution in [-0.4, -0.2) is 28.2 Å². The maximum absolute atomic E-state index is 5.34. The van der Waals surface area contributed by atoms with Crippen molar-refractivity contribution in [2.24, 2.45) is 0 Å². The molecule has 0 amide bonds. The molecule has 2 heterocycles. The Morgan fingerprint density at radius 2 is 2.15 bits per heavy atom. The fraction of sp³-hybridized carbons (Fsp3) is 0.533. The van der Waals surface area contributed by atoms with E-state index >= 15 is 0 Å². The van der Waals surface area contributed by atoms with Gasteiger partial charge in [-0.15, -0.1) is 0 Å². The summed E-state index contributed by atoms with van der Waals surface area (Å²) in [6.07, 6.45) is 4.80. The molecule has 2 aromatic heterocycles. The van der Waals surface area contributed by atoms with E-state index in [4.69, 9.17) is 4.52 Å². The molecule has 0 bridgehead atoms. The topological polar surface area (TPSA) is 63.8 Å². The minimum atomic E-state index is 0.375. The number of likely N-dealkylation sites (N-methyl/N-ethyl adjacent to an activating group) is 1. The van der Waals surface area contributed by atoms with Gasteiger partial charge < -0.3 is 9.84 Å². The predicted octanol–water partition coefficient (Wildman–Crippen LogP) is 2.68. The Morgan fingerprint density at radius 3 is 2.80 bits per heavy atom. The van der Waals surface area contributed by atoms with Gasteiger partial charge in [0.05, 0.1) is 0 Å². The predicted molar refractivity (Wildman–Crippen MR) is 78.5 cm³/mol. The van der Waals surface area contributed by atoms with Crippen LogP contribution in [0, 0.1) is 13.8 Å². The summed E-state index contributed by atoms with van der Waals surface area (Å²) in [4.78, 5) is 8.86. The number of rotatable bonds is 6. The molecule has 0 saturated carbocycles. The molecule has 0 aliphatic heterocycles. The second-order valence-corrected chi connectivity index (χ2v) is 5.17. The van der Waals surface area contributed by atoms with E-state index in [0.717, 1.165) is 36.1 Å². The Kier molecular flexibility index (Phi) is 4.84. The number of hydrogen-bond acceptors (Lipinski definition) is 5. The van der Waals surface area contributed by atoms with E-state index in [0.29, 0.717) is 17.8 Å². The molecule has 1 N–H and O–H groups in total. The number of hydrogen-bond donors (Lipinski definition) is 1. The van der Waals surface area contributed by atoms with E-state index in [1.165, 1.54) is 0 Å². The zero-order chi connectivity index (χ0) is 14.5. The van der Waals surface area contributed by atoms with E-state index in [1.54, 1.807) is 0 Å². The van der Waals surface area contributed by atoms with E-state index in [1.807, 2.05) is 27.1 Å². The van der Waals surface area contributed by atoms with Crippen LogP contribution in [0.15, 0.2) is 16.8 Å². The van der Waals surface area contributed by atoms with Crippen molar-refractivity contribution in [1.29, 1.82) is 0 Å².